The van der Waals surface area contributed by atoms with Crippen molar-refractivity contribution in [2.45, 2.75) is 50.4 Å². The van der Waals surface area contributed by atoms with E-state index in [1.807, 2.05) is 32.9 Å². The lowest BCUT2D eigenvalue weighted by atomic mass is 10.1. The largest absolute Gasteiger partial charge is 0.351 e. The molecule has 1 aromatic rings. The fourth-order valence-corrected chi connectivity index (χ4v) is 2.98. The molecule has 1 atom stereocenters. The fraction of sp³-hybridized carbons (Fsp3) is 0.529. The summed E-state index contributed by atoms with van der Waals surface area (Å²) in [5.74, 6) is -0.227. The molecule has 1 fully saturated rings. The molecule has 0 spiro atoms. The Hall–Kier alpha value is -1.26. The Morgan fingerprint density at radius 2 is 1.70 bits per heavy atom. The third-order valence-electron chi connectivity index (χ3n) is 3.85. The minimum atomic E-state index is -0.984. The van der Waals surface area contributed by atoms with Crippen molar-refractivity contribution in [1.29, 1.82) is 0 Å². The molecule has 0 saturated heterocycles. The van der Waals surface area contributed by atoms with Crippen LogP contribution in [0.1, 0.15) is 39.7 Å². The van der Waals surface area contributed by atoms with E-state index in [0.29, 0.717) is 18.5 Å². The quantitative estimate of drug-likeness (QED) is 0.808. The van der Waals surface area contributed by atoms with Gasteiger partial charge in [0, 0.05) is 11.2 Å². The molecule has 6 heteroatoms. The van der Waals surface area contributed by atoms with Gasteiger partial charge in [-0.15, -0.1) is 23.2 Å². The highest BCUT2D eigenvalue weighted by molar-refractivity contribution is 6.53. The number of carbonyl (C=O) groups excluding carboxylic acids is 2. The van der Waals surface area contributed by atoms with Gasteiger partial charge in [0.05, 0.1) is 11.8 Å². The van der Waals surface area contributed by atoms with Crippen LogP contribution in [0.3, 0.4) is 0 Å². The van der Waals surface area contributed by atoms with Crippen molar-refractivity contribution in [3.63, 3.8) is 0 Å². The Morgan fingerprint density at radius 3 is 2.13 bits per heavy atom. The van der Waals surface area contributed by atoms with E-state index in [9.17, 15) is 9.59 Å². The van der Waals surface area contributed by atoms with Crippen LogP contribution in [0.25, 0.3) is 0 Å². The number of halogens is 2. The second-order valence-electron chi connectivity index (χ2n) is 7.34. The van der Waals surface area contributed by atoms with Gasteiger partial charge in [-0.25, -0.2) is 0 Å². The molecule has 126 valence electrons. The molecule has 1 saturated carbocycles. The molecule has 0 aliphatic heterocycles. The molecule has 0 unspecified atom stereocenters. The van der Waals surface area contributed by atoms with Crippen LogP contribution in [0.15, 0.2) is 24.3 Å². The number of amides is 2. The molecule has 1 aliphatic carbocycles. The van der Waals surface area contributed by atoms with Gasteiger partial charge < -0.3 is 10.6 Å². The van der Waals surface area contributed by atoms with Crippen molar-refractivity contribution in [3.05, 3.63) is 29.8 Å². The summed E-state index contributed by atoms with van der Waals surface area (Å²) in [5, 5.41) is 5.72. The van der Waals surface area contributed by atoms with E-state index in [2.05, 4.69) is 10.6 Å². The molecule has 2 rings (SSSR count). The van der Waals surface area contributed by atoms with Crippen molar-refractivity contribution in [1.82, 2.24) is 5.32 Å². The molecule has 0 aromatic heterocycles. The Morgan fingerprint density at radius 1 is 1.17 bits per heavy atom. The van der Waals surface area contributed by atoms with E-state index in [0.717, 1.165) is 5.56 Å². The van der Waals surface area contributed by atoms with E-state index < -0.39 is 9.75 Å². The number of hydrogen-bond donors (Lipinski definition) is 2. The summed E-state index contributed by atoms with van der Waals surface area (Å²) in [6, 6.07) is 7.18. The standard InChI is InChI=1S/C17H22Cl2N2O2/c1-15(2,3)21-13(22)9-11-5-7-12(8-6-11)20-14(23)16(4)10-17(16,18)19/h5-8H,9-10H2,1-4H3,(H,20,23)(H,21,22)/t16-/m0/s1. The summed E-state index contributed by atoms with van der Waals surface area (Å²) in [7, 11) is 0. The molecular formula is C17H22Cl2N2O2. The van der Waals surface area contributed by atoms with Crippen LogP contribution in [0.4, 0.5) is 5.69 Å². The molecule has 0 bridgehead atoms. The first-order valence-corrected chi connectivity index (χ1v) is 8.28. The van der Waals surface area contributed by atoms with Gasteiger partial charge in [0.1, 0.15) is 4.33 Å². The van der Waals surface area contributed by atoms with Gasteiger partial charge >= 0.3 is 0 Å². The summed E-state index contributed by atoms with van der Waals surface area (Å²) >= 11 is 12.0. The monoisotopic (exact) mass is 356 g/mol. The van der Waals surface area contributed by atoms with Crippen molar-refractivity contribution >= 4 is 40.7 Å². The minimum Gasteiger partial charge on any atom is -0.351 e. The smallest absolute Gasteiger partial charge is 0.233 e. The number of carbonyl (C=O) groups is 2. The van der Waals surface area contributed by atoms with E-state index in [1.165, 1.54) is 0 Å². The van der Waals surface area contributed by atoms with E-state index in [1.54, 1.807) is 19.1 Å². The molecule has 2 amide bonds. The Bertz CT molecular complexity index is 620. The third-order valence-corrected chi connectivity index (χ3v) is 4.95. The number of anilines is 1. The van der Waals surface area contributed by atoms with Crippen LogP contribution in [0.5, 0.6) is 0 Å². The molecule has 23 heavy (non-hydrogen) atoms. The molecule has 1 aromatic carbocycles. The van der Waals surface area contributed by atoms with E-state index in [-0.39, 0.29) is 17.4 Å². The highest BCUT2D eigenvalue weighted by Crippen LogP contribution is 2.64. The highest BCUT2D eigenvalue weighted by atomic mass is 35.5. The number of benzene rings is 1. The van der Waals surface area contributed by atoms with Crippen LogP contribution < -0.4 is 10.6 Å². The van der Waals surface area contributed by atoms with Gasteiger partial charge in [0.2, 0.25) is 11.8 Å². The van der Waals surface area contributed by atoms with Crippen molar-refractivity contribution in [2.24, 2.45) is 5.41 Å². The Kier molecular flexibility index (Phi) is 4.71. The maximum Gasteiger partial charge on any atom is 0.233 e. The predicted octanol–water partition coefficient (Wildman–Crippen LogP) is 3.67. The second-order valence-corrected chi connectivity index (χ2v) is 8.82. The average Bonchev–Trinajstić information content (AvgIpc) is 2.90. The van der Waals surface area contributed by atoms with Crippen molar-refractivity contribution in [2.75, 3.05) is 5.32 Å². The molecular weight excluding hydrogens is 335 g/mol. The maximum atomic E-state index is 12.2. The summed E-state index contributed by atoms with van der Waals surface area (Å²) in [6.45, 7) is 7.56. The number of hydrogen-bond acceptors (Lipinski definition) is 2. The molecule has 1 aliphatic rings. The number of alkyl halides is 2. The summed E-state index contributed by atoms with van der Waals surface area (Å²) in [5.41, 5.74) is 0.542. The van der Waals surface area contributed by atoms with Crippen LogP contribution in [-0.2, 0) is 16.0 Å². The SMILES string of the molecule is CC(C)(C)NC(=O)Cc1ccc(NC(=O)[C@]2(C)CC2(Cl)Cl)cc1. The Labute approximate surface area is 146 Å². The zero-order valence-corrected chi connectivity index (χ0v) is 15.3. The van der Waals surface area contributed by atoms with E-state index >= 15 is 0 Å². The Balaban J connectivity index is 1.93. The second kappa shape index (κ2) is 5.99. The maximum absolute atomic E-state index is 12.2. The van der Waals surface area contributed by atoms with Crippen molar-refractivity contribution < 1.29 is 9.59 Å². The lowest BCUT2D eigenvalue weighted by Gasteiger charge is -2.20. The molecule has 0 radical (unpaired) electrons. The van der Waals surface area contributed by atoms with Gasteiger partial charge in [0.25, 0.3) is 0 Å². The summed E-state index contributed by atoms with van der Waals surface area (Å²) < 4.78 is -0.984. The first-order chi connectivity index (χ1) is 10.4. The number of nitrogens with one attached hydrogen (secondary N) is 2. The fourth-order valence-electron chi connectivity index (χ4n) is 2.27. The molecule has 0 heterocycles. The summed E-state index contributed by atoms with van der Waals surface area (Å²) in [4.78, 5) is 24.1. The zero-order valence-electron chi connectivity index (χ0n) is 13.8. The average molecular weight is 357 g/mol. The third kappa shape index (κ3) is 4.39. The zero-order chi connectivity index (χ0) is 17.5. The van der Waals surface area contributed by atoms with Crippen LogP contribution in [0, 0.1) is 5.41 Å². The van der Waals surface area contributed by atoms with Gasteiger partial charge in [-0.1, -0.05) is 12.1 Å². The first kappa shape index (κ1) is 18.1. The lowest BCUT2D eigenvalue weighted by molar-refractivity contribution is -0.122. The minimum absolute atomic E-state index is 0.0335. The predicted molar refractivity (Wildman–Crippen MR) is 93.8 cm³/mol. The van der Waals surface area contributed by atoms with Gasteiger partial charge in [-0.05, 0) is 51.8 Å². The topological polar surface area (TPSA) is 58.2 Å². The van der Waals surface area contributed by atoms with Crippen LogP contribution >= 0.6 is 23.2 Å². The van der Waals surface area contributed by atoms with Gasteiger partial charge in [-0.2, -0.15) is 0 Å². The lowest BCUT2D eigenvalue weighted by Crippen LogP contribution is -2.41. The van der Waals surface area contributed by atoms with Gasteiger partial charge in [0.15, 0.2) is 0 Å². The first-order valence-electron chi connectivity index (χ1n) is 7.52. The molecule has 2 N–H and O–H groups in total. The van der Waals surface area contributed by atoms with Crippen LogP contribution in [0.2, 0.25) is 0 Å². The highest BCUT2D eigenvalue weighted by Gasteiger charge is 2.67. The normalized spacial score (nSPS) is 22.3. The molecule has 4 nitrogen and oxygen atoms in total. The van der Waals surface area contributed by atoms with E-state index in [4.69, 9.17) is 23.2 Å². The summed E-state index contributed by atoms with van der Waals surface area (Å²) in [6.07, 6.45) is 0.746. The van der Waals surface area contributed by atoms with Crippen molar-refractivity contribution in [3.8, 4) is 0 Å². The number of rotatable bonds is 4. The van der Waals surface area contributed by atoms with Gasteiger partial charge in [-0.3, -0.25) is 9.59 Å². The van der Waals surface area contributed by atoms with Crippen LogP contribution in [-0.4, -0.2) is 21.7 Å².